The van der Waals surface area contributed by atoms with Crippen molar-refractivity contribution in [1.29, 1.82) is 0 Å². The van der Waals surface area contributed by atoms with Crippen LogP contribution in [0.15, 0.2) is 36.5 Å². The zero-order valence-corrected chi connectivity index (χ0v) is 19.9. The Labute approximate surface area is 203 Å². The summed E-state index contributed by atoms with van der Waals surface area (Å²) in [6, 6.07) is 7.13. The molecule has 0 bridgehead atoms. The quantitative estimate of drug-likeness (QED) is 0.687. The molecule has 2 aromatic rings. The molecule has 2 amide bonds. The molecule has 2 unspecified atom stereocenters. The molecule has 3 aliphatic heterocycles. The SMILES string of the molecule is CC1CCC(C(=O)Nc2ccnc(C(=O)N3CC4(CCCN4)C3)c2)O1.COc1cccc(F)c1F. The molecule has 4 heterocycles. The fourth-order valence-electron chi connectivity index (χ4n) is 4.61. The van der Waals surface area contributed by atoms with Gasteiger partial charge in [0, 0.05) is 25.0 Å². The number of nitrogens with zero attached hydrogens (tertiary/aromatic N) is 2. The fourth-order valence-corrected chi connectivity index (χ4v) is 4.61. The highest BCUT2D eigenvalue weighted by Crippen LogP contribution is 2.31. The standard InChI is InChI=1S/C18H24N4O3.C7H6F2O/c1-12-3-4-15(25-12)16(23)21-13-5-8-19-14(9-13)17(24)22-10-18(11-22)6-2-7-20-18;1-10-6-4-2-3-5(8)7(6)9/h5,8-9,12,15,20H,2-4,6-7,10-11H2,1H3,(H,19,21,23);2-4H,1H3. The lowest BCUT2D eigenvalue weighted by atomic mass is 9.88. The van der Waals surface area contributed by atoms with E-state index in [9.17, 15) is 18.4 Å². The minimum absolute atomic E-state index is 0.0694. The molecule has 1 aromatic heterocycles. The summed E-state index contributed by atoms with van der Waals surface area (Å²) < 4.78 is 34.9. The summed E-state index contributed by atoms with van der Waals surface area (Å²) in [5.41, 5.74) is 1.07. The summed E-state index contributed by atoms with van der Waals surface area (Å²) >= 11 is 0. The number of carbonyl (C=O) groups is 2. The van der Waals surface area contributed by atoms with E-state index >= 15 is 0 Å². The molecule has 3 aliphatic rings. The Hall–Kier alpha value is -3.11. The number of hydrogen-bond donors (Lipinski definition) is 2. The molecule has 2 N–H and O–H groups in total. The third-order valence-corrected chi connectivity index (χ3v) is 6.51. The van der Waals surface area contributed by atoms with Gasteiger partial charge in [0.15, 0.2) is 11.6 Å². The molecule has 5 rings (SSSR count). The summed E-state index contributed by atoms with van der Waals surface area (Å²) in [4.78, 5) is 30.8. The number of hydrogen-bond acceptors (Lipinski definition) is 6. The zero-order chi connectivity index (χ0) is 25.0. The largest absolute Gasteiger partial charge is 0.494 e. The number of methoxy groups -OCH3 is 1. The van der Waals surface area contributed by atoms with Crippen molar-refractivity contribution in [2.75, 3.05) is 32.1 Å². The van der Waals surface area contributed by atoms with Crippen molar-refractivity contribution < 1.29 is 27.8 Å². The molecule has 3 saturated heterocycles. The van der Waals surface area contributed by atoms with Crippen LogP contribution >= 0.6 is 0 Å². The highest BCUT2D eigenvalue weighted by molar-refractivity contribution is 5.97. The molecule has 8 nitrogen and oxygen atoms in total. The normalized spacial score (nSPS) is 22.2. The Morgan fingerprint density at radius 3 is 2.69 bits per heavy atom. The first-order chi connectivity index (χ1) is 16.8. The van der Waals surface area contributed by atoms with Crippen molar-refractivity contribution in [2.24, 2.45) is 0 Å². The van der Waals surface area contributed by atoms with Crippen molar-refractivity contribution in [3.63, 3.8) is 0 Å². The maximum atomic E-state index is 12.6. The van der Waals surface area contributed by atoms with E-state index in [1.807, 2.05) is 11.8 Å². The first-order valence-electron chi connectivity index (χ1n) is 11.7. The number of aromatic nitrogens is 1. The lowest BCUT2D eigenvalue weighted by Gasteiger charge is -2.48. The average molecular weight is 489 g/mol. The number of likely N-dealkylation sites (tertiary alicyclic amines) is 1. The van der Waals surface area contributed by atoms with Crippen molar-refractivity contribution in [3.8, 4) is 5.75 Å². The Bertz CT molecular complexity index is 1070. The lowest BCUT2D eigenvalue weighted by Crippen LogP contribution is -2.68. The van der Waals surface area contributed by atoms with E-state index in [2.05, 4.69) is 20.4 Å². The second-order valence-electron chi connectivity index (χ2n) is 9.16. The number of pyridine rings is 1. The van der Waals surface area contributed by atoms with Gasteiger partial charge in [-0.2, -0.15) is 4.39 Å². The van der Waals surface area contributed by atoms with Gasteiger partial charge in [0.25, 0.3) is 11.8 Å². The topological polar surface area (TPSA) is 92.8 Å². The summed E-state index contributed by atoms with van der Waals surface area (Å²) in [6.45, 7) is 4.47. The molecule has 2 atom stereocenters. The van der Waals surface area contributed by atoms with E-state index in [0.717, 1.165) is 45.0 Å². The van der Waals surface area contributed by atoms with Crippen LogP contribution < -0.4 is 15.4 Å². The van der Waals surface area contributed by atoms with Crippen LogP contribution in [0.5, 0.6) is 5.75 Å². The minimum Gasteiger partial charge on any atom is -0.494 e. The number of benzene rings is 1. The van der Waals surface area contributed by atoms with E-state index in [-0.39, 0.29) is 29.2 Å². The van der Waals surface area contributed by atoms with E-state index in [4.69, 9.17) is 4.74 Å². The summed E-state index contributed by atoms with van der Waals surface area (Å²) in [5.74, 6) is -2.14. The van der Waals surface area contributed by atoms with Crippen LogP contribution in [-0.2, 0) is 9.53 Å². The van der Waals surface area contributed by atoms with Crippen molar-refractivity contribution in [2.45, 2.75) is 50.4 Å². The van der Waals surface area contributed by atoms with Crippen LogP contribution in [0.25, 0.3) is 0 Å². The average Bonchev–Trinajstić information content (AvgIpc) is 3.50. The second-order valence-corrected chi connectivity index (χ2v) is 9.16. The predicted octanol–water partition coefficient (Wildman–Crippen LogP) is 3.14. The molecular weight excluding hydrogens is 458 g/mol. The van der Waals surface area contributed by atoms with E-state index in [1.165, 1.54) is 25.7 Å². The second kappa shape index (κ2) is 10.7. The Kier molecular flexibility index (Phi) is 7.61. The van der Waals surface area contributed by atoms with E-state index in [0.29, 0.717) is 11.4 Å². The molecule has 0 saturated carbocycles. The van der Waals surface area contributed by atoms with Crippen molar-refractivity contribution in [1.82, 2.24) is 15.2 Å². The lowest BCUT2D eigenvalue weighted by molar-refractivity contribution is -0.126. The van der Waals surface area contributed by atoms with Gasteiger partial charge in [-0.15, -0.1) is 0 Å². The van der Waals surface area contributed by atoms with E-state index in [1.54, 1.807) is 18.3 Å². The monoisotopic (exact) mass is 488 g/mol. The van der Waals surface area contributed by atoms with Gasteiger partial charge in [0.05, 0.1) is 18.8 Å². The van der Waals surface area contributed by atoms with Gasteiger partial charge < -0.3 is 25.0 Å². The molecule has 188 valence electrons. The van der Waals surface area contributed by atoms with Gasteiger partial charge in [-0.1, -0.05) is 6.07 Å². The Balaban J connectivity index is 0.000000243. The van der Waals surface area contributed by atoms with Crippen LogP contribution in [0.3, 0.4) is 0 Å². The Morgan fingerprint density at radius 2 is 2.06 bits per heavy atom. The van der Waals surface area contributed by atoms with Gasteiger partial charge in [-0.05, 0) is 63.4 Å². The first kappa shape index (κ1) is 25.0. The third-order valence-electron chi connectivity index (χ3n) is 6.51. The summed E-state index contributed by atoms with van der Waals surface area (Å²) in [7, 11) is 1.29. The van der Waals surface area contributed by atoms with Crippen LogP contribution in [0.4, 0.5) is 14.5 Å². The first-order valence-corrected chi connectivity index (χ1v) is 11.7. The van der Waals surface area contributed by atoms with Crippen LogP contribution in [0.2, 0.25) is 0 Å². The molecule has 10 heteroatoms. The maximum absolute atomic E-state index is 12.6. The molecule has 0 radical (unpaired) electrons. The van der Waals surface area contributed by atoms with Gasteiger partial charge in [-0.3, -0.25) is 14.6 Å². The Morgan fingerprint density at radius 1 is 1.26 bits per heavy atom. The van der Waals surface area contributed by atoms with Gasteiger partial charge in [-0.25, -0.2) is 4.39 Å². The van der Waals surface area contributed by atoms with E-state index < -0.39 is 17.7 Å². The number of anilines is 1. The van der Waals surface area contributed by atoms with Gasteiger partial charge >= 0.3 is 0 Å². The molecule has 35 heavy (non-hydrogen) atoms. The highest BCUT2D eigenvalue weighted by Gasteiger charge is 2.46. The van der Waals surface area contributed by atoms with Crippen molar-refractivity contribution >= 4 is 17.5 Å². The van der Waals surface area contributed by atoms with Crippen LogP contribution in [-0.4, -0.2) is 66.2 Å². The number of ether oxygens (including phenoxy) is 2. The van der Waals surface area contributed by atoms with Crippen LogP contribution in [0.1, 0.15) is 43.1 Å². The highest BCUT2D eigenvalue weighted by atomic mass is 19.2. The molecule has 3 fully saturated rings. The summed E-state index contributed by atoms with van der Waals surface area (Å²) in [5, 5.41) is 6.33. The van der Waals surface area contributed by atoms with Gasteiger partial charge in [0.1, 0.15) is 11.8 Å². The molecule has 1 spiro atoms. The number of amides is 2. The van der Waals surface area contributed by atoms with Crippen molar-refractivity contribution in [3.05, 3.63) is 53.9 Å². The number of nitrogens with one attached hydrogen (secondary N) is 2. The number of rotatable bonds is 4. The minimum atomic E-state index is -0.940. The number of carbonyl (C=O) groups excluding carboxylic acids is 2. The fraction of sp³-hybridized carbons (Fsp3) is 0.480. The predicted molar refractivity (Wildman–Crippen MR) is 125 cm³/mol. The molecule has 0 aliphatic carbocycles. The molecular formula is C25H30F2N4O4. The smallest absolute Gasteiger partial charge is 0.272 e. The third kappa shape index (κ3) is 5.76. The maximum Gasteiger partial charge on any atom is 0.272 e. The number of halogens is 2. The van der Waals surface area contributed by atoms with Crippen LogP contribution in [0, 0.1) is 11.6 Å². The zero-order valence-electron chi connectivity index (χ0n) is 19.9. The van der Waals surface area contributed by atoms with Gasteiger partial charge in [0.2, 0.25) is 5.82 Å². The summed E-state index contributed by atoms with van der Waals surface area (Å²) in [6.07, 6.45) is 5.18. The molecule has 1 aromatic carbocycles.